The van der Waals surface area contributed by atoms with Crippen LogP contribution < -0.4 is 4.90 Å². The van der Waals surface area contributed by atoms with E-state index in [1.54, 1.807) is 12.3 Å². The summed E-state index contributed by atoms with van der Waals surface area (Å²) in [6, 6.07) is 5.61. The molecule has 6 heteroatoms. The third kappa shape index (κ3) is 3.66. The third-order valence-corrected chi connectivity index (χ3v) is 3.09. The van der Waals surface area contributed by atoms with Crippen LogP contribution >= 0.6 is 0 Å². The van der Waals surface area contributed by atoms with E-state index in [0.29, 0.717) is 5.56 Å². The van der Waals surface area contributed by atoms with Crippen molar-refractivity contribution in [1.82, 2.24) is 4.98 Å². The van der Waals surface area contributed by atoms with E-state index in [1.807, 2.05) is 12.1 Å². The molecule has 0 bridgehead atoms. The molecule has 0 aliphatic carbocycles. The highest BCUT2D eigenvalue weighted by atomic mass is 16.5. The molecule has 0 aromatic carbocycles. The molecule has 0 unspecified atom stereocenters. The average molecular weight is 261 g/mol. The maximum absolute atomic E-state index is 10.4. The summed E-state index contributed by atoms with van der Waals surface area (Å²) < 4.78 is 5.28. The van der Waals surface area contributed by atoms with E-state index in [9.17, 15) is 4.79 Å². The van der Waals surface area contributed by atoms with Crippen molar-refractivity contribution in [2.45, 2.75) is 18.9 Å². The predicted octanol–water partition coefficient (Wildman–Crippen LogP) is 1.02. The van der Waals surface area contributed by atoms with E-state index in [1.165, 1.54) is 0 Å². The molecule has 0 amide bonds. The van der Waals surface area contributed by atoms with Gasteiger partial charge in [0.1, 0.15) is 18.5 Å². The van der Waals surface area contributed by atoms with E-state index in [2.05, 4.69) is 9.88 Å². The molecule has 2 heterocycles. The first-order valence-corrected chi connectivity index (χ1v) is 6.13. The monoisotopic (exact) mass is 261 g/mol. The molecule has 1 aromatic rings. The van der Waals surface area contributed by atoms with E-state index in [0.717, 1.165) is 31.7 Å². The normalized spacial score (nSPS) is 16.1. The second kappa shape index (κ2) is 6.16. The maximum atomic E-state index is 10.4. The summed E-state index contributed by atoms with van der Waals surface area (Å²) >= 11 is 0. The zero-order valence-electron chi connectivity index (χ0n) is 10.5. The Labute approximate surface area is 111 Å². The number of hydrogen-bond donors (Lipinski definition) is 1. The van der Waals surface area contributed by atoms with Crippen molar-refractivity contribution < 1.29 is 14.6 Å². The molecule has 0 atom stereocenters. The minimum atomic E-state index is -0.934. The predicted molar refractivity (Wildman–Crippen MR) is 67.8 cm³/mol. The Morgan fingerprint density at radius 2 is 2.26 bits per heavy atom. The van der Waals surface area contributed by atoms with Crippen LogP contribution in [0.1, 0.15) is 18.4 Å². The van der Waals surface area contributed by atoms with E-state index in [4.69, 9.17) is 15.1 Å². The van der Waals surface area contributed by atoms with Crippen LogP contribution in [0.15, 0.2) is 18.3 Å². The van der Waals surface area contributed by atoms with Crippen LogP contribution in [0.5, 0.6) is 0 Å². The highest BCUT2D eigenvalue weighted by Gasteiger charge is 2.21. The Bertz CT molecular complexity index is 473. The van der Waals surface area contributed by atoms with Gasteiger partial charge in [-0.2, -0.15) is 5.26 Å². The number of nitrogens with zero attached hydrogens (tertiary/aromatic N) is 3. The number of anilines is 1. The van der Waals surface area contributed by atoms with Crippen LogP contribution in [0.2, 0.25) is 0 Å². The summed E-state index contributed by atoms with van der Waals surface area (Å²) in [5.41, 5.74) is 0.545. The molecule has 0 radical (unpaired) electrons. The Balaban J connectivity index is 1.85. The largest absolute Gasteiger partial charge is 0.480 e. The van der Waals surface area contributed by atoms with Gasteiger partial charge in [-0.15, -0.1) is 0 Å². The molecule has 6 nitrogen and oxygen atoms in total. The highest BCUT2D eigenvalue weighted by molar-refractivity contribution is 5.68. The number of piperidine rings is 1. The fourth-order valence-corrected chi connectivity index (χ4v) is 2.08. The first-order chi connectivity index (χ1) is 9.19. The summed E-state index contributed by atoms with van der Waals surface area (Å²) in [7, 11) is 0. The number of aliphatic carboxylic acids is 1. The van der Waals surface area contributed by atoms with Crippen molar-refractivity contribution in [2.24, 2.45) is 0 Å². The van der Waals surface area contributed by atoms with Gasteiger partial charge in [-0.3, -0.25) is 0 Å². The van der Waals surface area contributed by atoms with Gasteiger partial charge in [0, 0.05) is 19.3 Å². The van der Waals surface area contributed by atoms with Crippen LogP contribution in [0.4, 0.5) is 5.82 Å². The molecule has 0 saturated carbocycles. The topological polar surface area (TPSA) is 86.5 Å². The van der Waals surface area contributed by atoms with Gasteiger partial charge >= 0.3 is 5.97 Å². The molecule has 1 aromatic heterocycles. The fourth-order valence-electron chi connectivity index (χ4n) is 2.08. The van der Waals surface area contributed by atoms with Crippen LogP contribution in [-0.4, -0.2) is 41.9 Å². The molecule has 1 N–H and O–H groups in total. The lowest BCUT2D eigenvalue weighted by Gasteiger charge is -2.32. The van der Waals surface area contributed by atoms with Gasteiger partial charge in [-0.05, 0) is 25.0 Å². The molecule has 19 heavy (non-hydrogen) atoms. The molecule has 1 fully saturated rings. The highest BCUT2D eigenvalue weighted by Crippen LogP contribution is 2.19. The number of aromatic nitrogens is 1. The van der Waals surface area contributed by atoms with Crippen molar-refractivity contribution in [3.05, 3.63) is 23.9 Å². The second-order valence-corrected chi connectivity index (χ2v) is 4.41. The SMILES string of the molecule is N#Cc1ccc(N2CCC(OCC(=O)O)CC2)nc1. The zero-order chi connectivity index (χ0) is 13.7. The Morgan fingerprint density at radius 3 is 2.79 bits per heavy atom. The molecule has 1 aliphatic rings. The number of rotatable bonds is 4. The van der Waals surface area contributed by atoms with E-state index >= 15 is 0 Å². The number of carbonyl (C=O) groups is 1. The molecular formula is C13H15N3O3. The standard InChI is InChI=1S/C13H15N3O3/c14-7-10-1-2-12(15-8-10)16-5-3-11(4-6-16)19-9-13(17)18/h1-2,8,11H,3-6,9H2,(H,17,18). The molecule has 0 spiro atoms. The number of ether oxygens (including phenoxy) is 1. The Kier molecular flexibility index (Phi) is 4.31. The Morgan fingerprint density at radius 1 is 1.53 bits per heavy atom. The van der Waals surface area contributed by atoms with Gasteiger partial charge < -0.3 is 14.7 Å². The van der Waals surface area contributed by atoms with Crippen LogP contribution in [0.25, 0.3) is 0 Å². The first kappa shape index (κ1) is 13.3. The minimum absolute atomic E-state index is 0.00531. The van der Waals surface area contributed by atoms with E-state index < -0.39 is 5.97 Å². The quantitative estimate of drug-likeness (QED) is 0.870. The number of nitriles is 1. The van der Waals surface area contributed by atoms with E-state index in [-0.39, 0.29) is 12.7 Å². The summed E-state index contributed by atoms with van der Waals surface area (Å²) in [6.07, 6.45) is 3.14. The van der Waals surface area contributed by atoms with Gasteiger partial charge in [0.05, 0.1) is 11.7 Å². The van der Waals surface area contributed by atoms with Crippen molar-refractivity contribution in [3.8, 4) is 6.07 Å². The van der Waals surface area contributed by atoms with Crippen LogP contribution in [0.3, 0.4) is 0 Å². The molecule has 1 aliphatic heterocycles. The zero-order valence-corrected chi connectivity index (χ0v) is 10.5. The number of pyridine rings is 1. The summed E-state index contributed by atoms with van der Waals surface area (Å²) in [4.78, 5) is 16.8. The van der Waals surface area contributed by atoms with Crippen molar-refractivity contribution in [3.63, 3.8) is 0 Å². The molecule has 1 saturated heterocycles. The first-order valence-electron chi connectivity index (χ1n) is 6.13. The molecule has 2 rings (SSSR count). The van der Waals surface area contributed by atoms with Crippen molar-refractivity contribution in [2.75, 3.05) is 24.6 Å². The lowest BCUT2D eigenvalue weighted by Crippen LogP contribution is -2.38. The van der Waals surface area contributed by atoms with Gasteiger partial charge in [0.15, 0.2) is 0 Å². The minimum Gasteiger partial charge on any atom is -0.480 e. The summed E-state index contributed by atoms with van der Waals surface area (Å²) in [5, 5.41) is 17.3. The van der Waals surface area contributed by atoms with Gasteiger partial charge in [0.25, 0.3) is 0 Å². The number of carboxylic acid groups (broad SMARTS) is 1. The number of carboxylic acids is 1. The maximum Gasteiger partial charge on any atom is 0.329 e. The van der Waals surface area contributed by atoms with Crippen LogP contribution in [0, 0.1) is 11.3 Å². The Hall–Kier alpha value is -2.13. The fraction of sp³-hybridized carbons (Fsp3) is 0.462. The summed E-state index contributed by atoms with van der Waals surface area (Å²) in [5.74, 6) is -0.0909. The second-order valence-electron chi connectivity index (χ2n) is 4.41. The van der Waals surface area contributed by atoms with Gasteiger partial charge in [-0.1, -0.05) is 0 Å². The molecular weight excluding hydrogens is 246 g/mol. The lowest BCUT2D eigenvalue weighted by molar-refractivity contribution is -0.144. The summed E-state index contributed by atoms with van der Waals surface area (Å²) in [6.45, 7) is 1.33. The third-order valence-electron chi connectivity index (χ3n) is 3.09. The van der Waals surface area contributed by atoms with Crippen molar-refractivity contribution >= 4 is 11.8 Å². The average Bonchev–Trinajstić information content (AvgIpc) is 2.46. The van der Waals surface area contributed by atoms with Crippen molar-refractivity contribution in [1.29, 1.82) is 5.26 Å². The molecule has 100 valence electrons. The smallest absolute Gasteiger partial charge is 0.329 e. The number of hydrogen-bond acceptors (Lipinski definition) is 5. The van der Waals surface area contributed by atoms with Crippen LogP contribution in [-0.2, 0) is 9.53 Å². The van der Waals surface area contributed by atoms with Gasteiger partial charge in [0.2, 0.25) is 0 Å². The lowest BCUT2D eigenvalue weighted by atomic mass is 10.1. The van der Waals surface area contributed by atoms with Gasteiger partial charge in [-0.25, -0.2) is 9.78 Å².